The quantitative estimate of drug-likeness (QED) is 0.773. The van der Waals surface area contributed by atoms with Crippen molar-refractivity contribution in [2.24, 2.45) is 0 Å². The number of sulfonamides is 1. The first-order chi connectivity index (χ1) is 13.0. The molecule has 10 heteroatoms. The van der Waals surface area contributed by atoms with E-state index in [4.69, 9.17) is 9.47 Å². The van der Waals surface area contributed by atoms with E-state index in [2.05, 4.69) is 10.0 Å². The second kappa shape index (κ2) is 8.26. The number of carbonyl (C=O) groups is 1. The number of ether oxygens (including phenoxy) is 2. The Morgan fingerprint density at radius 3 is 2.57 bits per heavy atom. The maximum atomic E-state index is 12.7. The van der Waals surface area contributed by atoms with Gasteiger partial charge in [0.05, 0.1) is 10.6 Å². The minimum absolute atomic E-state index is 0. The van der Waals surface area contributed by atoms with Crippen LogP contribution in [0.3, 0.4) is 0 Å². The van der Waals surface area contributed by atoms with Crippen LogP contribution in [-0.2, 0) is 10.0 Å². The van der Waals surface area contributed by atoms with E-state index < -0.39 is 10.0 Å². The average Bonchev–Trinajstić information content (AvgIpc) is 3.16. The van der Waals surface area contributed by atoms with Crippen LogP contribution < -0.4 is 19.5 Å². The van der Waals surface area contributed by atoms with E-state index in [1.807, 2.05) is 0 Å². The second-order valence-electron chi connectivity index (χ2n) is 6.24. The van der Waals surface area contributed by atoms with Crippen molar-refractivity contribution in [3.05, 3.63) is 48.0 Å². The normalized spacial score (nSPS) is 15.6. The van der Waals surface area contributed by atoms with Gasteiger partial charge in [0, 0.05) is 37.8 Å². The van der Waals surface area contributed by atoms with E-state index in [0.717, 1.165) is 13.1 Å². The molecule has 2 aromatic rings. The van der Waals surface area contributed by atoms with Crippen molar-refractivity contribution < 1.29 is 22.7 Å². The van der Waals surface area contributed by atoms with Crippen LogP contribution in [0.1, 0.15) is 10.4 Å². The number of benzene rings is 2. The molecule has 2 aliphatic heterocycles. The fraction of sp³-hybridized carbons (Fsp3) is 0.278. The van der Waals surface area contributed by atoms with Crippen LogP contribution in [0.5, 0.6) is 11.5 Å². The zero-order valence-electron chi connectivity index (χ0n) is 14.9. The minimum atomic E-state index is -3.85. The van der Waals surface area contributed by atoms with Crippen molar-refractivity contribution in [2.75, 3.05) is 37.7 Å². The summed E-state index contributed by atoms with van der Waals surface area (Å²) in [6, 6.07) is 10.9. The molecule has 2 aliphatic rings. The van der Waals surface area contributed by atoms with Crippen LogP contribution in [0.2, 0.25) is 0 Å². The van der Waals surface area contributed by atoms with Crippen molar-refractivity contribution in [1.82, 2.24) is 10.2 Å². The van der Waals surface area contributed by atoms with Crippen LogP contribution in [-0.4, -0.2) is 52.2 Å². The number of rotatable bonds is 4. The summed E-state index contributed by atoms with van der Waals surface area (Å²) in [5.74, 6) is 0.885. The van der Waals surface area contributed by atoms with Crippen LogP contribution in [0.15, 0.2) is 47.4 Å². The van der Waals surface area contributed by atoms with Gasteiger partial charge in [0.1, 0.15) is 0 Å². The molecule has 2 N–H and O–H groups in total. The van der Waals surface area contributed by atoms with Gasteiger partial charge in [-0.05, 0) is 30.3 Å². The molecule has 0 unspecified atom stereocenters. The van der Waals surface area contributed by atoms with Crippen LogP contribution in [0.4, 0.5) is 5.69 Å². The molecular weight excluding hydrogens is 406 g/mol. The summed E-state index contributed by atoms with van der Waals surface area (Å²) in [5, 5.41) is 3.18. The molecule has 0 radical (unpaired) electrons. The number of halogens is 1. The molecule has 0 spiro atoms. The maximum absolute atomic E-state index is 12.7. The number of fused-ring (bicyclic) bond motifs is 1. The van der Waals surface area contributed by atoms with Crippen molar-refractivity contribution in [3.63, 3.8) is 0 Å². The predicted octanol–water partition coefficient (Wildman–Crippen LogP) is 1.68. The Bertz CT molecular complexity index is 977. The summed E-state index contributed by atoms with van der Waals surface area (Å²) in [6.45, 7) is 2.78. The van der Waals surface area contributed by atoms with Gasteiger partial charge in [0.15, 0.2) is 11.5 Å². The third-order valence-electron chi connectivity index (χ3n) is 4.42. The van der Waals surface area contributed by atoms with Gasteiger partial charge in [0.25, 0.3) is 15.9 Å². The van der Waals surface area contributed by atoms with Gasteiger partial charge < -0.3 is 19.7 Å². The first kappa shape index (κ1) is 20.2. The van der Waals surface area contributed by atoms with E-state index in [-0.39, 0.29) is 30.0 Å². The molecule has 0 saturated carbocycles. The van der Waals surface area contributed by atoms with Gasteiger partial charge in [-0.2, -0.15) is 0 Å². The van der Waals surface area contributed by atoms with E-state index in [0.29, 0.717) is 35.8 Å². The lowest BCUT2D eigenvalue weighted by atomic mass is 10.2. The van der Waals surface area contributed by atoms with Crippen molar-refractivity contribution in [1.29, 1.82) is 0 Å². The summed E-state index contributed by atoms with van der Waals surface area (Å²) >= 11 is 0. The van der Waals surface area contributed by atoms with Crippen molar-refractivity contribution >= 4 is 34.0 Å². The number of nitrogens with zero attached hydrogens (tertiary/aromatic N) is 1. The number of anilines is 1. The number of piperazine rings is 1. The molecule has 0 atom stereocenters. The first-order valence-electron chi connectivity index (χ1n) is 8.55. The zero-order valence-corrected chi connectivity index (χ0v) is 16.5. The summed E-state index contributed by atoms with van der Waals surface area (Å²) < 4.78 is 38.5. The van der Waals surface area contributed by atoms with Crippen LogP contribution in [0.25, 0.3) is 0 Å². The number of hydrogen-bond acceptors (Lipinski definition) is 6. The van der Waals surface area contributed by atoms with Gasteiger partial charge >= 0.3 is 0 Å². The lowest BCUT2D eigenvalue weighted by molar-refractivity contribution is 0.0735. The van der Waals surface area contributed by atoms with Crippen LogP contribution >= 0.6 is 12.4 Å². The largest absolute Gasteiger partial charge is 0.454 e. The Labute approximate surface area is 169 Å². The topological polar surface area (TPSA) is 97.0 Å². The zero-order chi connectivity index (χ0) is 18.9. The molecule has 2 aromatic carbocycles. The predicted molar refractivity (Wildman–Crippen MR) is 106 cm³/mol. The Morgan fingerprint density at radius 1 is 1.04 bits per heavy atom. The van der Waals surface area contributed by atoms with Crippen molar-refractivity contribution in [3.8, 4) is 11.5 Å². The summed E-state index contributed by atoms with van der Waals surface area (Å²) in [4.78, 5) is 14.4. The lowest BCUT2D eigenvalue weighted by Crippen LogP contribution is -2.46. The highest BCUT2D eigenvalue weighted by molar-refractivity contribution is 7.92. The van der Waals surface area contributed by atoms with Crippen LogP contribution in [0, 0.1) is 0 Å². The summed E-state index contributed by atoms with van der Waals surface area (Å²) in [6.07, 6.45) is 0. The molecule has 1 amide bonds. The highest BCUT2D eigenvalue weighted by Gasteiger charge is 2.22. The van der Waals surface area contributed by atoms with Gasteiger partial charge in [-0.15, -0.1) is 12.4 Å². The molecule has 1 saturated heterocycles. The van der Waals surface area contributed by atoms with Gasteiger partial charge in [-0.3, -0.25) is 9.52 Å². The first-order valence-corrected chi connectivity index (χ1v) is 10.0. The fourth-order valence-electron chi connectivity index (χ4n) is 3.02. The van der Waals surface area contributed by atoms with Gasteiger partial charge in [-0.25, -0.2) is 8.42 Å². The number of carbonyl (C=O) groups excluding carboxylic acids is 1. The molecule has 1 fully saturated rings. The average molecular weight is 426 g/mol. The van der Waals surface area contributed by atoms with E-state index in [1.54, 1.807) is 35.2 Å². The Kier molecular flexibility index (Phi) is 5.97. The minimum Gasteiger partial charge on any atom is -0.454 e. The SMILES string of the molecule is Cl.O=C(c1cccc(S(=O)(=O)Nc2ccc3c(c2)OCO3)c1)N1CCNCC1. The molecule has 150 valence electrons. The molecule has 0 aromatic heterocycles. The molecule has 0 aliphatic carbocycles. The standard InChI is InChI=1S/C18H19N3O5S.ClH/c22-18(21-8-6-19-7-9-21)13-2-1-3-15(10-13)27(23,24)20-14-4-5-16-17(11-14)26-12-25-16;/h1-5,10-11,19-20H,6-9,12H2;1H. The second-order valence-corrected chi connectivity index (χ2v) is 7.93. The van der Waals surface area contributed by atoms with Gasteiger partial charge in [0.2, 0.25) is 6.79 Å². The third-order valence-corrected chi connectivity index (χ3v) is 5.80. The maximum Gasteiger partial charge on any atom is 0.261 e. The van der Waals surface area contributed by atoms with Crippen molar-refractivity contribution in [2.45, 2.75) is 4.90 Å². The summed E-state index contributed by atoms with van der Waals surface area (Å²) in [7, 11) is -3.85. The third kappa shape index (κ3) is 4.16. The lowest BCUT2D eigenvalue weighted by Gasteiger charge is -2.27. The number of nitrogens with one attached hydrogen (secondary N) is 2. The summed E-state index contributed by atoms with van der Waals surface area (Å²) in [5.41, 5.74) is 0.712. The highest BCUT2D eigenvalue weighted by Crippen LogP contribution is 2.34. The Hall–Kier alpha value is -2.49. The number of amides is 1. The van der Waals surface area contributed by atoms with E-state index >= 15 is 0 Å². The van der Waals surface area contributed by atoms with E-state index in [1.165, 1.54) is 12.1 Å². The van der Waals surface area contributed by atoms with E-state index in [9.17, 15) is 13.2 Å². The van der Waals surface area contributed by atoms with Gasteiger partial charge in [-0.1, -0.05) is 6.07 Å². The fourth-order valence-corrected chi connectivity index (χ4v) is 4.12. The number of hydrogen-bond donors (Lipinski definition) is 2. The molecule has 28 heavy (non-hydrogen) atoms. The molecule has 2 heterocycles. The Balaban J connectivity index is 0.00000225. The highest BCUT2D eigenvalue weighted by atomic mass is 35.5. The smallest absolute Gasteiger partial charge is 0.261 e. The monoisotopic (exact) mass is 425 g/mol. The molecule has 8 nitrogen and oxygen atoms in total. The Morgan fingerprint density at radius 2 is 1.79 bits per heavy atom. The molecular formula is C18H20ClN3O5S. The molecule has 4 rings (SSSR count). The molecule has 0 bridgehead atoms.